The molecule has 0 radical (unpaired) electrons. The quantitative estimate of drug-likeness (QED) is 0.808. The van der Waals surface area contributed by atoms with Gasteiger partial charge < -0.3 is 5.32 Å². The van der Waals surface area contributed by atoms with E-state index in [1.165, 1.54) is 5.56 Å². The Bertz CT molecular complexity index is 494. The normalized spacial score (nSPS) is 10.8. The van der Waals surface area contributed by atoms with Gasteiger partial charge in [0.2, 0.25) is 0 Å². The van der Waals surface area contributed by atoms with Crippen molar-refractivity contribution < 1.29 is 0 Å². The highest BCUT2D eigenvalue weighted by molar-refractivity contribution is 7.13. The van der Waals surface area contributed by atoms with Gasteiger partial charge >= 0.3 is 0 Å². The zero-order valence-electron chi connectivity index (χ0n) is 9.90. The van der Waals surface area contributed by atoms with E-state index >= 15 is 0 Å². The van der Waals surface area contributed by atoms with Crippen LogP contribution in [-0.4, -0.2) is 4.98 Å². The number of benzene rings is 1. The smallest absolute Gasteiger partial charge is 0.187 e. The maximum atomic E-state index is 5.74. The minimum atomic E-state index is 0.462. The molecular formula is C13H15ClN2S. The lowest BCUT2D eigenvalue weighted by molar-refractivity contribution is 0.869. The first kappa shape index (κ1) is 12.4. The molecule has 0 saturated heterocycles. The number of halogens is 1. The van der Waals surface area contributed by atoms with Crippen molar-refractivity contribution in [2.24, 2.45) is 0 Å². The molecule has 2 rings (SSSR count). The second-order valence-electron chi connectivity index (χ2n) is 4.14. The van der Waals surface area contributed by atoms with Crippen LogP contribution >= 0.6 is 22.9 Å². The van der Waals surface area contributed by atoms with E-state index in [9.17, 15) is 0 Å². The number of anilines is 2. The molecule has 0 unspecified atom stereocenters. The standard InChI is InChI=1S/C13H15ClN2S/c1-9(2)11-5-3-4-6-12(11)16-13-15-10(7-14)8-17-13/h3-6,8-9H,7H2,1-2H3,(H,15,16). The predicted molar refractivity (Wildman–Crippen MR) is 75.5 cm³/mol. The van der Waals surface area contributed by atoms with Gasteiger partial charge in [-0.25, -0.2) is 4.98 Å². The summed E-state index contributed by atoms with van der Waals surface area (Å²) in [4.78, 5) is 4.40. The minimum Gasteiger partial charge on any atom is -0.331 e. The van der Waals surface area contributed by atoms with Crippen molar-refractivity contribution >= 4 is 33.8 Å². The molecule has 0 bridgehead atoms. The monoisotopic (exact) mass is 266 g/mol. The molecule has 0 aliphatic carbocycles. The van der Waals surface area contributed by atoms with Gasteiger partial charge in [-0.3, -0.25) is 0 Å². The number of hydrogen-bond acceptors (Lipinski definition) is 3. The number of alkyl halides is 1. The Balaban J connectivity index is 2.23. The SMILES string of the molecule is CC(C)c1ccccc1Nc1nc(CCl)cs1. The molecule has 0 atom stereocenters. The summed E-state index contributed by atoms with van der Waals surface area (Å²) in [7, 11) is 0. The number of nitrogens with one attached hydrogen (secondary N) is 1. The van der Waals surface area contributed by atoms with Gasteiger partial charge in [-0.05, 0) is 17.5 Å². The van der Waals surface area contributed by atoms with Gasteiger partial charge in [-0.2, -0.15) is 0 Å². The van der Waals surface area contributed by atoms with Crippen LogP contribution < -0.4 is 5.32 Å². The third-order valence-electron chi connectivity index (χ3n) is 2.51. The predicted octanol–water partition coefficient (Wildman–Crippen LogP) is 4.75. The van der Waals surface area contributed by atoms with Gasteiger partial charge in [-0.15, -0.1) is 22.9 Å². The maximum Gasteiger partial charge on any atom is 0.187 e. The average Bonchev–Trinajstić information content (AvgIpc) is 2.77. The third kappa shape index (κ3) is 2.99. The number of aromatic nitrogens is 1. The van der Waals surface area contributed by atoms with Crippen molar-refractivity contribution in [2.45, 2.75) is 25.6 Å². The molecular weight excluding hydrogens is 252 g/mol. The number of nitrogens with zero attached hydrogens (tertiary/aromatic N) is 1. The zero-order valence-corrected chi connectivity index (χ0v) is 11.5. The first-order valence-electron chi connectivity index (χ1n) is 5.57. The number of thiazole rings is 1. The number of para-hydroxylation sites is 1. The highest BCUT2D eigenvalue weighted by Crippen LogP contribution is 2.28. The molecule has 2 nitrogen and oxygen atoms in total. The lowest BCUT2D eigenvalue weighted by Gasteiger charge is -2.12. The van der Waals surface area contributed by atoms with Crippen molar-refractivity contribution in [2.75, 3.05) is 5.32 Å². The van der Waals surface area contributed by atoms with E-state index in [1.807, 2.05) is 11.4 Å². The molecule has 0 saturated carbocycles. The summed E-state index contributed by atoms with van der Waals surface area (Å²) in [5.41, 5.74) is 3.34. The summed E-state index contributed by atoms with van der Waals surface area (Å²) in [6.07, 6.45) is 0. The van der Waals surface area contributed by atoms with E-state index in [-0.39, 0.29) is 0 Å². The Morgan fingerprint density at radius 3 is 2.76 bits per heavy atom. The summed E-state index contributed by atoms with van der Waals surface area (Å²) < 4.78 is 0. The van der Waals surface area contributed by atoms with Crippen LogP contribution in [0.1, 0.15) is 31.0 Å². The average molecular weight is 267 g/mol. The van der Waals surface area contributed by atoms with E-state index in [2.05, 4.69) is 42.3 Å². The lowest BCUT2D eigenvalue weighted by Crippen LogP contribution is -1.97. The van der Waals surface area contributed by atoms with Crippen LogP contribution in [0.5, 0.6) is 0 Å². The molecule has 1 N–H and O–H groups in total. The van der Waals surface area contributed by atoms with E-state index in [0.717, 1.165) is 16.5 Å². The molecule has 1 aromatic heterocycles. The molecule has 0 fully saturated rings. The number of rotatable bonds is 4. The van der Waals surface area contributed by atoms with Gasteiger partial charge in [0, 0.05) is 11.1 Å². The van der Waals surface area contributed by atoms with Gasteiger partial charge in [0.1, 0.15) is 0 Å². The first-order chi connectivity index (χ1) is 8.20. The van der Waals surface area contributed by atoms with Crippen molar-refractivity contribution in [3.63, 3.8) is 0 Å². The van der Waals surface area contributed by atoms with Crippen LogP contribution in [0.25, 0.3) is 0 Å². The summed E-state index contributed by atoms with van der Waals surface area (Å²) >= 11 is 7.32. The topological polar surface area (TPSA) is 24.9 Å². The summed E-state index contributed by atoms with van der Waals surface area (Å²) in [6.45, 7) is 4.37. The fourth-order valence-corrected chi connectivity index (χ4v) is 2.61. The molecule has 90 valence electrons. The molecule has 4 heteroatoms. The largest absolute Gasteiger partial charge is 0.331 e. The molecule has 2 aromatic rings. The lowest BCUT2D eigenvalue weighted by atomic mass is 10.0. The molecule has 1 aromatic carbocycles. The van der Waals surface area contributed by atoms with E-state index in [4.69, 9.17) is 11.6 Å². The molecule has 0 amide bonds. The molecule has 0 aliphatic heterocycles. The molecule has 17 heavy (non-hydrogen) atoms. The Hall–Kier alpha value is -1.06. The van der Waals surface area contributed by atoms with Crippen molar-refractivity contribution in [3.05, 3.63) is 40.9 Å². The van der Waals surface area contributed by atoms with Gasteiger partial charge in [-0.1, -0.05) is 32.0 Å². The fourth-order valence-electron chi connectivity index (χ4n) is 1.66. The minimum absolute atomic E-state index is 0.462. The third-order valence-corrected chi connectivity index (χ3v) is 3.59. The Morgan fingerprint density at radius 1 is 1.35 bits per heavy atom. The summed E-state index contributed by atoms with van der Waals surface area (Å²) in [5.74, 6) is 0.954. The van der Waals surface area contributed by atoms with Crippen LogP contribution in [0, 0.1) is 0 Å². The van der Waals surface area contributed by atoms with Crippen LogP contribution in [0.3, 0.4) is 0 Å². The highest BCUT2D eigenvalue weighted by Gasteiger charge is 2.07. The van der Waals surface area contributed by atoms with Crippen LogP contribution in [0.15, 0.2) is 29.6 Å². The second kappa shape index (κ2) is 5.52. The second-order valence-corrected chi connectivity index (χ2v) is 5.27. The van der Waals surface area contributed by atoms with Crippen LogP contribution in [-0.2, 0) is 5.88 Å². The van der Waals surface area contributed by atoms with Gasteiger partial charge in [0.25, 0.3) is 0 Å². The Labute approximate surface area is 111 Å². The van der Waals surface area contributed by atoms with E-state index in [0.29, 0.717) is 11.8 Å². The fraction of sp³-hybridized carbons (Fsp3) is 0.308. The van der Waals surface area contributed by atoms with E-state index < -0.39 is 0 Å². The Morgan fingerprint density at radius 2 is 2.12 bits per heavy atom. The maximum absolute atomic E-state index is 5.74. The van der Waals surface area contributed by atoms with Crippen LogP contribution in [0.2, 0.25) is 0 Å². The van der Waals surface area contributed by atoms with Crippen molar-refractivity contribution in [1.82, 2.24) is 4.98 Å². The Kier molecular flexibility index (Phi) is 4.02. The first-order valence-corrected chi connectivity index (χ1v) is 6.98. The number of hydrogen-bond donors (Lipinski definition) is 1. The van der Waals surface area contributed by atoms with E-state index in [1.54, 1.807) is 11.3 Å². The molecule has 1 heterocycles. The zero-order chi connectivity index (χ0) is 12.3. The van der Waals surface area contributed by atoms with Crippen molar-refractivity contribution in [3.8, 4) is 0 Å². The highest BCUT2D eigenvalue weighted by atomic mass is 35.5. The van der Waals surface area contributed by atoms with Gasteiger partial charge in [0.15, 0.2) is 5.13 Å². The molecule has 0 aliphatic rings. The van der Waals surface area contributed by atoms with Gasteiger partial charge in [0.05, 0.1) is 11.6 Å². The summed E-state index contributed by atoms with van der Waals surface area (Å²) in [5, 5.41) is 6.23. The van der Waals surface area contributed by atoms with Crippen molar-refractivity contribution in [1.29, 1.82) is 0 Å². The van der Waals surface area contributed by atoms with Crippen LogP contribution in [0.4, 0.5) is 10.8 Å². The summed E-state index contributed by atoms with van der Waals surface area (Å²) in [6, 6.07) is 8.32. The molecule has 0 spiro atoms.